The Morgan fingerprint density at radius 1 is 1.09 bits per heavy atom. The first-order chi connectivity index (χ1) is 10.2. The zero-order valence-electron chi connectivity index (χ0n) is 13.8. The first-order valence-electron chi connectivity index (χ1n) is 8.26. The highest BCUT2D eigenvalue weighted by molar-refractivity contribution is 5.95. The average molecular weight is 325 g/mol. The summed E-state index contributed by atoms with van der Waals surface area (Å²) < 4.78 is 0. The Balaban J connectivity index is 0.00000242. The molecule has 1 aliphatic rings. The van der Waals surface area contributed by atoms with Crippen LogP contribution in [-0.4, -0.2) is 25.0 Å². The highest BCUT2D eigenvalue weighted by atomic mass is 35.5. The van der Waals surface area contributed by atoms with Crippen LogP contribution in [0.5, 0.6) is 0 Å². The molecular formula is C18H29ClN2O. The molecule has 0 saturated heterocycles. The van der Waals surface area contributed by atoms with Crippen molar-refractivity contribution < 1.29 is 4.79 Å². The van der Waals surface area contributed by atoms with Gasteiger partial charge in [-0.3, -0.25) is 4.79 Å². The Morgan fingerprint density at radius 2 is 1.77 bits per heavy atom. The standard InChI is InChI=1S/C18H28N2O.ClH/c1-14-8-7-11-17(15(14)2)18(21)20-13-12-19-16-9-5-3-4-6-10-16;/h7-8,11,16,19H,3-6,9-10,12-13H2,1-2H3,(H,20,21);1H. The molecule has 1 aromatic carbocycles. The molecule has 0 spiro atoms. The number of aryl methyl sites for hydroxylation is 1. The van der Waals surface area contributed by atoms with Crippen LogP contribution in [0.25, 0.3) is 0 Å². The number of benzene rings is 1. The van der Waals surface area contributed by atoms with Crippen LogP contribution in [-0.2, 0) is 0 Å². The minimum atomic E-state index is 0. The maximum Gasteiger partial charge on any atom is 0.251 e. The molecule has 0 heterocycles. The summed E-state index contributed by atoms with van der Waals surface area (Å²) in [7, 11) is 0. The van der Waals surface area contributed by atoms with Gasteiger partial charge in [0.25, 0.3) is 5.91 Å². The molecule has 0 unspecified atom stereocenters. The minimum Gasteiger partial charge on any atom is -0.351 e. The largest absolute Gasteiger partial charge is 0.351 e. The number of rotatable bonds is 5. The third kappa shape index (κ3) is 5.62. The van der Waals surface area contributed by atoms with Crippen LogP contribution in [0, 0.1) is 13.8 Å². The molecule has 0 aromatic heterocycles. The molecule has 0 bridgehead atoms. The van der Waals surface area contributed by atoms with E-state index in [9.17, 15) is 4.79 Å². The van der Waals surface area contributed by atoms with Crippen LogP contribution in [0.15, 0.2) is 18.2 Å². The minimum absolute atomic E-state index is 0. The topological polar surface area (TPSA) is 41.1 Å². The van der Waals surface area contributed by atoms with Crippen molar-refractivity contribution in [1.29, 1.82) is 0 Å². The smallest absolute Gasteiger partial charge is 0.251 e. The molecule has 1 aliphatic carbocycles. The van der Waals surface area contributed by atoms with E-state index in [2.05, 4.69) is 10.6 Å². The summed E-state index contributed by atoms with van der Waals surface area (Å²) in [5.41, 5.74) is 3.04. The molecule has 0 atom stereocenters. The predicted molar refractivity (Wildman–Crippen MR) is 95.0 cm³/mol. The molecule has 1 amide bonds. The van der Waals surface area contributed by atoms with Gasteiger partial charge in [-0.2, -0.15) is 0 Å². The fraction of sp³-hybridized carbons (Fsp3) is 0.611. The molecule has 3 nitrogen and oxygen atoms in total. The Kier molecular flexibility index (Phi) is 8.51. The van der Waals surface area contributed by atoms with Crippen molar-refractivity contribution >= 4 is 18.3 Å². The van der Waals surface area contributed by atoms with E-state index in [1.807, 2.05) is 32.0 Å². The summed E-state index contributed by atoms with van der Waals surface area (Å²) in [5, 5.41) is 6.60. The summed E-state index contributed by atoms with van der Waals surface area (Å²) in [6.07, 6.45) is 8.00. The Bertz CT molecular complexity index is 468. The summed E-state index contributed by atoms with van der Waals surface area (Å²) in [5.74, 6) is 0.0406. The molecule has 124 valence electrons. The van der Waals surface area contributed by atoms with Crippen LogP contribution in [0.1, 0.15) is 60.0 Å². The number of hydrogen-bond acceptors (Lipinski definition) is 2. The zero-order valence-corrected chi connectivity index (χ0v) is 14.6. The summed E-state index contributed by atoms with van der Waals surface area (Å²) in [4.78, 5) is 12.2. The lowest BCUT2D eigenvalue weighted by molar-refractivity contribution is 0.0953. The molecule has 1 fully saturated rings. The number of carbonyl (C=O) groups excluding carboxylic acids is 1. The molecule has 2 rings (SSSR count). The number of amides is 1. The van der Waals surface area contributed by atoms with Crippen molar-refractivity contribution in [3.63, 3.8) is 0 Å². The average Bonchev–Trinajstić information content (AvgIpc) is 2.75. The van der Waals surface area contributed by atoms with Crippen molar-refractivity contribution in [3.8, 4) is 0 Å². The quantitative estimate of drug-likeness (QED) is 0.639. The normalized spacial score (nSPS) is 15.7. The van der Waals surface area contributed by atoms with Gasteiger partial charge in [0.2, 0.25) is 0 Å². The van der Waals surface area contributed by atoms with Crippen molar-refractivity contribution in [2.24, 2.45) is 0 Å². The van der Waals surface area contributed by atoms with Gasteiger partial charge in [0.15, 0.2) is 0 Å². The second-order valence-electron chi connectivity index (χ2n) is 6.15. The molecule has 2 N–H and O–H groups in total. The number of halogens is 1. The molecule has 0 radical (unpaired) electrons. The fourth-order valence-corrected chi connectivity index (χ4v) is 3.03. The summed E-state index contributed by atoms with van der Waals surface area (Å²) in [6.45, 7) is 5.61. The number of hydrogen-bond donors (Lipinski definition) is 2. The van der Waals surface area contributed by atoms with E-state index in [1.54, 1.807) is 0 Å². The Morgan fingerprint density at radius 3 is 2.45 bits per heavy atom. The lowest BCUT2D eigenvalue weighted by Gasteiger charge is -2.16. The first-order valence-corrected chi connectivity index (χ1v) is 8.26. The van der Waals surface area contributed by atoms with E-state index in [0.717, 1.165) is 17.7 Å². The molecule has 1 aromatic rings. The monoisotopic (exact) mass is 324 g/mol. The highest BCUT2D eigenvalue weighted by Crippen LogP contribution is 2.17. The van der Waals surface area contributed by atoms with Gasteiger partial charge in [0.1, 0.15) is 0 Å². The van der Waals surface area contributed by atoms with E-state index in [1.165, 1.54) is 44.1 Å². The van der Waals surface area contributed by atoms with E-state index in [4.69, 9.17) is 0 Å². The van der Waals surface area contributed by atoms with E-state index >= 15 is 0 Å². The van der Waals surface area contributed by atoms with Gasteiger partial charge < -0.3 is 10.6 Å². The third-order valence-electron chi connectivity index (χ3n) is 4.55. The molecule has 4 heteroatoms. The second kappa shape index (κ2) is 9.86. The second-order valence-corrected chi connectivity index (χ2v) is 6.15. The van der Waals surface area contributed by atoms with Gasteiger partial charge in [-0.1, -0.05) is 37.8 Å². The van der Waals surface area contributed by atoms with E-state index in [0.29, 0.717) is 12.6 Å². The SMILES string of the molecule is Cc1cccc(C(=O)NCCNC2CCCCCC2)c1C.Cl. The van der Waals surface area contributed by atoms with Crippen LogP contribution in [0.2, 0.25) is 0 Å². The maximum absolute atomic E-state index is 12.2. The molecular weight excluding hydrogens is 296 g/mol. The predicted octanol–water partition coefficient (Wildman–Crippen LogP) is 3.77. The highest BCUT2D eigenvalue weighted by Gasteiger charge is 2.12. The van der Waals surface area contributed by atoms with Crippen molar-refractivity contribution in [2.75, 3.05) is 13.1 Å². The Hall–Kier alpha value is -1.06. The zero-order chi connectivity index (χ0) is 15.1. The lowest BCUT2D eigenvalue weighted by atomic mass is 10.0. The van der Waals surface area contributed by atoms with E-state index < -0.39 is 0 Å². The van der Waals surface area contributed by atoms with Crippen LogP contribution >= 0.6 is 12.4 Å². The van der Waals surface area contributed by atoms with Gasteiger partial charge in [0, 0.05) is 24.7 Å². The summed E-state index contributed by atoms with van der Waals surface area (Å²) >= 11 is 0. The fourth-order valence-electron chi connectivity index (χ4n) is 3.03. The number of nitrogens with one attached hydrogen (secondary N) is 2. The number of carbonyl (C=O) groups is 1. The Labute approximate surface area is 140 Å². The van der Waals surface area contributed by atoms with Gasteiger partial charge in [0.05, 0.1) is 0 Å². The molecule has 0 aliphatic heterocycles. The van der Waals surface area contributed by atoms with Gasteiger partial charge in [-0.15, -0.1) is 12.4 Å². The summed E-state index contributed by atoms with van der Waals surface area (Å²) in [6, 6.07) is 6.53. The molecule has 1 saturated carbocycles. The first kappa shape index (κ1) is 19.0. The van der Waals surface area contributed by atoms with Gasteiger partial charge in [-0.05, 0) is 43.9 Å². The van der Waals surface area contributed by atoms with Crippen molar-refractivity contribution in [3.05, 3.63) is 34.9 Å². The van der Waals surface area contributed by atoms with Crippen LogP contribution in [0.3, 0.4) is 0 Å². The molecule has 22 heavy (non-hydrogen) atoms. The van der Waals surface area contributed by atoms with Gasteiger partial charge in [-0.25, -0.2) is 0 Å². The third-order valence-corrected chi connectivity index (χ3v) is 4.55. The van der Waals surface area contributed by atoms with Crippen LogP contribution in [0.4, 0.5) is 0 Å². The van der Waals surface area contributed by atoms with Crippen LogP contribution < -0.4 is 10.6 Å². The van der Waals surface area contributed by atoms with Crippen molar-refractivity contribution in [2.45, 2.75) is 58.4 Å². The lowest BCUT2D eigenvalue weighted by Crippen LogP contribution is -2.37. The van der Waals surface area contributed by atoms with Crippen molar-refractivity contribution in [1.82, 2.24) is 10.6 Å². The maximum atomic E-state index is 12.2. The van der Waals surface area contributed by atoms with Gasteiger partial charge >= 0.3 is 0 Å². The van der Waals surface area contributed by atoms with E-state index in [-0.39, 0.29) is 18.3 Å².